The van der Waals surface area contributed by atoms with Gasteiger partial charge in [-0.1, -0.05) is 29.2 Å². The lowest BCUT2D eigenvalue weighted by Gasteiger charge is -2.30. The number of aromatic amines is 1. The Hall–Kier alpha value is -5.08. The molecule has 1 aromatic heterocycles. The monoisotopic (exact) mass is 675 g/mol. The van der Waals surface area contributed by atoms with E-state index in [1.165, 1.54) is 30.9 Å². The summed E-state index contributed by atoms with van der Waals surface area (Å²) < 4.78 is 21.6. The second kappa shape index (κ2) is 13.3. The van der Waals surface area contributed by atoms with Crippen molar-refractivity contribution in [2.24, 2.45) is 5.92 Å². The van der Waals surface area contributed by atoms with E-state index in [9.17, 15) is 24.0 Å². The van der Waals surface area contributed by atoms with Crippen molar-refractivity contribution < 1.29 is 38.1 Å². The summed E-state index contributed by atoms with van der Waals surface area (Å²) in [5, 5.41) is 2.50. The fourth-order valence-electron chi connectivity index (χ4n) is 5.60. The number of amides is 3. The first-order valence-electron chi connectivity index (χ1n) is 14.5. The summed E-state index contributed by atoms with van der Waals surface area (Å²) in [6.07, 6.45) is 0. The molecule has 0 saturated carbocycles. The number of imide groups is 1. The first-order valence-corrected chi connectivity index (χ1v) is 16.2. The van der Waals surface area contributed by atoms with Crippen molar-refractivity contribution >= 4 is 58.2 Å². The number of benzene rings is 3. The van der Waals surface area contributed by atoms with Crippen molar-refractivity contribution in [2.45, 2.75) is 23.1 Å². The first-order chi connectivity index (χ1) is 22.7. The molecule has 0 bridgehead atoms. The van der Waals surface area contributed by atoms with Crippen LogP contribution in [0.25, 0.3) is 0 Å². The average molecular weight is 676 g/mol. The smallest absolute Gasteiger partial charge is 0.338 e. The van der Waals surface area contributed by atoms with Crippen molar-refractivity contribution in [1.82, 2.24) is 4.98 Å². The van der Waals surface area contributed by atoms with Gasteiger partial charge in [0.05, 0.1) is 43.0 Å². The zero-order chi connectivity index (χ0) is 33.2. The number of nitrogens with zero attached hydrogens (tertiary/aromatic N) is 1. The molecule has 3 aromatic carbocycles. The lowest BCUT2D eigenvalue weighted by molar-refractivity contribution is -0.122. The molecule has 6 rings (SSSR count). The molecule has 3 heterocycles. The first kappa shape index (κ1) is 31.9. The van der Waals surface area contributed by atoms with Gasteiger partial charge in [0.2, 0.25) is 11.8 Å². The number of carbonyl (C=O) groups is 4. The summed E-state index contributed by atoms with van der Waals surface area (Å²) in [6, 6.07) is 18.0. The van der Waals surface area contributed by atoms with Crippen LogP contribution in [0, 0.1) is 5.92 Å². The number of esters is 1. The van der Waals surface area contributed by atoms with E-state index in [-0.39, 0.29) is 35.7 Å². The molecule has 3 unspecified atom stereocenters. The van der Waals surface area contributed by atoms with Crippen LogP contribution in [0.15, 0.2) is 76.6 Å². The molecule has 47 heavy (non-hydrogen) atoms. The van der Waals surface area contributed by atoms with Crippen molar-refractivity contribution in [2.75, 3.05) is 37.7 Å². The highest BCUT2D eigenvalue weighted by molar-refractivity contribution is 8.00. The predicted octanol–water partition coefficient (Wildman–Crippen LogP) is 4.44. The average Bonchev–Trinajstić information content (AvgIpc) is 3.57. The number of thiazole rings is 1. The highest BCUT2D eigenvalue weighted by atomic mass is 32.2. The van der Waals surface area contributed by atoms with Gasteiger partial charge in [0.25, 0.3) is 5.91 Å². The zero-order valence-corrected chi connectivity index (χ0v) is 27.1. The molecule has 242 valence electrons. The zero-order valence-electron chi connectivity index (χ0n) is 25.4. The fourth-order valence-corrected chi connectivity index (χ4v) is 8.12. The second-order valence-electron chi connectivity index (χ2n) is 10.5. The number of aromatic nitrogens is 1. The molecule has 3 atom stereocenters. The second-order valence-corrected chi connectivity index (χ2v) is 12.7. The minimum absolute atomic E-state index is 0.260. The summed E-state index contributed by atoms with van der Waals surface area (Å²) in [7, 11) is 2.98. The van der Waals surface area contributed by atoms with E-state index in [4.69, 9.17) is 18.9 Å². The molecular formula is C33H29N3O9S2. The molecular weight excluding hydrogens is 647 g/mol. The third-order valence-corrected chi connectivity index (χ3v) is 10.1. The van der Waals surface area contributed by atoms with E-state index >= 15 is 0 Å². The molecule has 1 saturated heterocycles. The van der Waals surface area contributed by atoms with Gasteiger partial charge in [0.15, 0.2) is 18.1 Å². The quantitative estimate of drug-likeness (QED) is 0.182. The minimum Gasteiger partial charge on any atom is -0.497 e. The highest BCUT2D eigenvalue weighted by Crippen LogP contribution is 2.53. The van der Waals surface area contributed by atoms with Crippen LogP contribution < -0.4 is 29.3 Å². The maximum Gasteiger partial charge on any atom is 0.338 e. The van der Waals surface area contributed by atoms with Crippen LogP contribution in [0.1, 0.15) is 33.6 Å². The van der Waals surface area contributed by atoms with Crippen molar-refractivity contribution in [3.05, 3.63) is 92.4 Å². The van der Waals surface area contributed by atoms with Gasteiger partial charge in [-0.15, -0.1) is 0 Å². The van der Waals surface area contributed by atoms with Crippen LogP contribution in [-0.2, 0) is 19.1 Å². The fraction of sp³-hybridized carbons (Fsp3) is 0.242. The minimum atomic E-state index is -0.786. The Labute approximate surface area is 277 Å². The molecule has 2 N–H and O–H groups in total. The number of H-pyrrole nitrogens is 1. The number of nitrogens with one attached hydrogen (secondary N) is 2. The van der Waals surface area contributed by atoms with Crippen molar-refractivity contribution in [1.29, 1.82) is 0 Å². The number of methoxy groups -OCH3 is 2. The maximum atomic E-state index is 14.0. The normalized spacial score (nSPS) is 18.3. The number of thioether (sulfide) groups is 1. The van der Waals surface area contributed by atoms with Crippen molar-refractivity contribution in [3.63, 3.8) is 0 Å². The molecule has 2 aliphatic rings. The van der Waals surface area contributed by atoms with Gasteiger partial charge in [0.1, 0.15) is 11.0 Å². The summed E-state index contributed by atoms with van der Waals surface area (Å²) in [6.45, 7) is 1.64. The number of anilines is 2. The van der Waals surface area contributed by atoms with Gasteiger partial charge >= 0.3 is 10.8 Å². The standard InChI is InChI=1S/C33H29N3O9S2/c1-4-44-32(40)17-5-8-19(9-6-17)34-24(37)16-45-22-14-7-18(15-23(22)43-3)25-26-28(46-29-27(25)47-33(41)35-29)31(39)36(30(26)38)20-10-12-21(42-2)13-11-20/h5-15,25-26,28H,4,16H2,1-3H3,(H,34,37)(H,35,41). The Balaban J connectivity index is 1.22. The summed E-state index contributed by atoms with van der Waals surface area (Å²) in [5.41, 5.74) is 1.91. The summed E-state index contributed by atoms with van der Waals surface area (Å²) >= 11 is 2.19. The summed E-state index contributed by atoms with van der Waals surface area (Å²) in [5.74, 6) is -1.87. The molecule has 14 heteroatoms. The van der Waals surface area contributed by atoms with Crippen LogP contribution in [0.4, 0.5) is 11.4 Å². The Morgan fingerprint density at radius 2 is 1.66 bits per heavy atom. The number of ether oxygens (including phenoxy) is 4. The largest absolute Gasteiger partial charge is 0.497 e. The van der Waals surface area contributed by atoms with Crippen LogP contribution >= 0.6 is 23.1 Å². The van der Waals surface area contributed by atoms with Gasteiger partial charge < -0.3 is 29.2 Å². The summed E-state index contributed by atoms with van der Waals surface area (Å²) in [4.78, 5) is 69.0. The number of hydrogen-bond acceptors (Lipinski definition) is 11. The van der Waals surface area contributed by atoms with Crippen LogP contribution in [-0.4, -0.2) is 61.4 Å². The van der Waals surface area contributed by atoms with Crippen molar-refractivity contribution in [3.8, 4) is 17.2 Å². The van der Waals surface area contributed by atoms with Gasteiger partial charge in [0, 0.05) is 16.5 Å². The van der Waals surface area contributed by atoms with Gasteiger partial charge in [-0.05, 0) is 73.2 Å². The third-order valence-electron chi connectivity index (χ3n) is 7.74. The van der Waals surface area contributed by atoms with E-state index in [0.29, 0.717) is 43.9 Å². The molecule has 0 spiro atoms. The van der Waals surface area contributed by atoms with Gasteiger partial charge in [-0.3, -0.25) is 19.2 Å². The van der Waals surface area contributed by atoms with E-state index in [0.717, 1.165) is 11.3 Å². The SMILES string of the molecule is CCOC(=O)c1ccc(NC(=O)COc2ccc(C3c4sc(=O)[nH]c4SC4C(=O)N(c5ccc(OC)cc5)C(=O)C43)cc2OC)cc1. The third kappa shape index (κ3) is 6.21. The molecule has 4 aromatic rings. The number of fused-ring (bicyclic) bond motifs is 2. The Morgan fingerprint density at radius 3 is 2.34 bits per heavy atom. The lowest BCUT2D eigenvalue weighted by Crippen LogP contribution is -2.32. The van der Waals surface area contributed by atoms with E-state index in [1.54, 1.807) is 73.7 Å². The van der Waals surface area contributed by atoms with E-state index < -0.39 is 29.0 Å². The van der Waals surface area contributed by atoms with E-state index in [2.05, 4.69) is 10.3 Å². The van der Waals surface area contributed by atoms with Crippen LogP contribution in [0.3, 0.4) is 0 Å². The molecule has 2 aliphatic heterocycles. The number of hydrogen-bond donors (Lipinski definition) is 2. The topological polar surface area (TPSA) is 153 Å². The van der Waals surface area contributed by atoms with E-state index in [1.807, 2.05) is 0 Å². The highest BCUT2D eigenvalue weighted by Gasteiger charge is 2.56. The van der Waals surface area contributed by atoms with Gasteiger partial charge in [-0.25, -0.2) is 9.69 Å². The Bertz CT molecular complexity index is 1900. The molecule has 1 fully saturated rings. The maximum absolute atomic E-state index is 14.0. The lowest BCUT2D eigenvalue weighted by atomic mass is 9.83. The predicted molar refractivity (Wildman–Crippen MR) is 175 cm³/mol. The van der Waals surface area contributed by atoms with Crippen LogP contribution in [0.2, 0.25) is 0 Å². The van der Waals surface area contributed by atoms with Crippen LogP contribution in [0.5, 0.6) is 17.2 Å². The molecule has 0 aliphatic carbocycles. The molecule has 3 amide bonds. The number of rotatable bonds is 10. The molecule has 0 radical (unpaired) electrons. The Morgan fingerprint density at radius 1 is 0.915 bits per heavy atom. The Kier molecular flexibility index (Phi) is 9.05. The number of carbonyl (C=O) groups excluding carboxylic acids is 4. The van der Waals surface area contributed by atoms with Gasteiger partial charge in [-0.2, -0.15) is 0 Å². The molecule has 12 nitrogen and oxygen atoms in total.